The number of hydrogen-bond donors (Lipinski definition) is 4. The number of fused-ring (bicyclic) bond motifs is 1. The molecule has 286 valence electrons. The van der Waals surface area contributed by atoms with E-state index < -0.39 is 59.7 Å². The van der Waals surface area contributed by atoms with Crippen molar-refractivity contribution in [1.82, 2.24) is 25.8 Å². The van der Waals surface area contributed by atoms with Gasteiger partial charge in [0, 0.05) is 19.0 Å². The lowest BCUT2D eigenvalue weighted by molar-refractivity contribution is -0.140. The molecule has 4 atom stereocenters. The minimum Gasteiger partial charge on any atom is -0.465 e. The molecular weight excluding hydrogens is 670 g/mol. The van der Waals surface area contributed by atoms with Gasteiger partial charge in [0.1, 0.15) is 23.2 Å². The van der Waals surface area contributed by atoms with Crippen LogP contribution in [0.4, 0.5) is 9.59 Å². The Balaban J connectivity index is 0.00000173. The highest BCUT2D eigenvalue weighted by Gasteiger charge is 2.58. The summed E-state index contributed by atoms with van der Waals surface area (Å²) in [5.41, 5.74) is 0.883. The number of ketones is 1. The van der Waals surface area contributed by atoms with Crippen LogP contribution in [0.3, 0.4) is 0 Å². The Labute approximate surface area is 306 Å². The van der Waals surface area contributed by atoms with Crippen molar-refractivity contribution in [2.75, 3.05) is 26.3 Å². The number of ether oxygens (including phenoxy) is 2. The molecule has 3 unspecified atom stereocenters. The van der Waals surface area contributed by atoms with Crippen LogP contribution in [0.25, 0.3) is 6.08 Å². The van der Waals surface area contributed by atoms with E-state index in [0.717, 1.165) is 22.6 Å². The first kappa shape index (κ1) is 41.7. The Kier molecular flexibility index (Phi) is 14.6. The van der Waals surface area contributed by atoms with Crippen LogP contribution in [-0.2, 0) is 41.7 Å². The number of alkyl carbamates (subject to hydrolysis) is 1. The zero-order chi connectivity index (χ0) is 38.8. The number of nitrogens with zero attached hydrogens (tertiary/aromatic N) is 2. The van der Waals surface area contributed by atoms with Gasteiger partial charge in [-0.15, -0.1) is 6.58 Å². The Morgan fingerprint density at radius 2 is 1.81 bits per heavy atom. The highest BCUT2D eigenvalue weighted by molar-refractivity contribution is 5.98. The van der Waals surface area contributed by atoms with Crippen LogP contribution >= 0.6 is 0 Å². The van der Waals surface area contributed by atoms with Crippen LogP contribution in [0.1, 0.15) is 84.4 Å². The van der Waals surface area contributed by atoms with Crippen molar-refractivity contribution in [3.63, 3.8) is 0 Å². The van der Waals surface area contributed by atoms with Crippen molar-refractivity contribution in [2.45, 2.75) is 104 Å². The summed E-state index contributed by atoms with van der Waals surface area (Å²) < 4.78 is 11.0. The van der Waals surface area contributed by atoms with E-state index in [9.17, 15) is 33.9 Å². The van der Waals surface area contributed by atoms with E-state index >= 15 is 0 Å². The topological polar surface area (TPSA) is 184 Å². The Morgan fingerprint density at radius 1 is 1.12 bits per heavy atom. The van der Waals surface area contributed by atoms with Crippen LogP contribution in [0.2, 0.25) is 0 Å². The smallest absolute Gasteiger partial charge is 0.408 e. The lowest BCUT2D eigenvalue weighted by atomic mass is 10.0. The summed E-state index contributed by atoms with van der Waals surface area (Å²) in [4.78, 5) is 78.4. The largest absolute Gasteiger partial charge is 0.465 e. The highest BCUT2D eigenvalue weighted by atomic mass is 16.6. The molecule has 0 aromatic heterocycles. The normalized spacial score (nSPS) is 21.1. The summed E-state index contributed by atoms with van der Waals surface area (Å²) in [6.45, 7) is 17.0. The predicted molar refractivity (Wildman–Crippen MR) is 195 cm³/mol. The highest BCUT2D eigenvalue weighted by Crippen LogP contribution is 2.45. The zero-order valence-electron chi connectivity index (χ0n) is 31.5. The van der Waals surface area contributed by atoms with Crippen LogP contribution in [0.15, 0.2) is 36.9 Å². The summed E-state index contributed by atoms with van der Waals surface area (Å²) in [7, 11) is 0. The minimum absolute atomic E-state index is 0.0735. The standard InChI is InChI=1S/C34H45N5O9.C4H10/c1-6-24-16-34(24,21(2)40)37-30(43)27-13-8-14-39(27)28(41)17-35-29(42)26(36-31(44)48-33(3,4)5)20-47-15-9-12-22-10-7-11-23-18-38(32(45)46)19-25(22)23;1-4(2)3/h6-7,9-12,24,26-27H,1,8,13-20H2,2-5H3,(H,35,42)(H,36,44)(H,37,43)(H,45,46);4H,1-3H3/b12-9+;/t24?,26?,27?,34-;/m0./s1. The second-order valence-corrected chi connectivity index (χ2v) is 15.0. The van der Waals surface area contributed by atoms with Gasteiger partial charge in [0.05, 0.1) is 26.3 Å². The summed E-state index contributed by atoms with van der Waals surface area (Å²) in [5, 5.41) is 17.2. The van der Waals surface area contributed by atoms with Gasteiger partial charge in [-0.2, -0.15) is 0 Å². The number of nitrogens with one attached hydrogen (secondary N) is 3. The van der Waals surface area contributed by atoms with E-state index in [1.54, 1.807) is 39.0 Å². The third kappa shape index (κ3) is 11.7. The van der Waals surface area contributed by atoms with E-state index in [2.05, 4.69) is 43.3 Å². The van der Waals surface area contributed by atoms with Crippen LogP contribution in [0, 0.1) is 11.8 Å². The number of amides is 5. The number of hydrogen-bond acceptors (Lipinski definition) is 8. The van der Waals surface area contributed by atoms with Crippen molar-refractivity contribution in [3.05, 3.63) is 53.6 Å². The fourth-order valence-electron chi connectivity index (χ4n) is 6.04. The molecule has 0 spiro atoms. The number of benzene rings is 1. The number of Topliss-reactive ketones (excluding diaryl/α,β-unsaturated/α-hetero) is 1. The predicted octanol–water partition coefficient (Wildman–Crippen LogP) is 4.02. The second-order valence-electron chi connectivity index (χ2n) is 15.0. The molecule has 5 amide bonds. The van der Waals surface area contributed by atoms with Gasteiger partial charge in [-0.25, -0.2) is 9.59 Å². The van der Waals surface area contributed by atoms with E-state index in [1.807, 2.05) is 18.2 Å². The molecule has 1 aliphatic carbocycles. The third-order valence-electron chi connectivity index (χ3n) is 8.66. The summed E-state index contributed by atoms with van der Waals surface area (Å²) in [6, 6.07) is 3.63. The summed E-state index contributed by atoms with van der Waals surface area (Å²) in [6.07, 6.45) is 4.82. The van der Waals surface area contributed by atoms with Crippen LogP contribution in [-0.4, -0.2) is 100 Å². The number of likely N-dealkylation sites (tertiary alicyclic amines) is 1. The van der Waals surface area contributed by atoms with Gasteiger partial charge < -0.3 is 35.4 Å². The molecule has 1 aromatic rings. The number of carbonyl (C=O) groups is 6. The maximum Gasteiger partial charge on any atom is 0.408 e. The zero-order valence-corrected chi connectivity index (χ0v) is 31.5. The maximum atomic E-state index is 13.2. The van der Waals surface area contributed by atoms with Crippen molar-refractivity contribution in [3.8, 4) is 0 Å². The fraction of sp³-hybridized carbons (Fsp3) is 0.579. The molecule has 3 aliphatic rings. The molecule has 52 heavy (non-hydrogen) atoms. The molecule has 1 saturated heterocycles. The SMILES string of the molecule is C=CC1C[C@]1(NC(=O)C1CCCN1C(=O)CNC(=O)C(COC/C=C/c1cccc2c1CN(C(=O)O)C2)NC(=O)OC(C)(C)C)C(C)=O.CC(C)C. The first-order chi connectivity index (χ1) is 24.4. The van der Waals surface area contributed by atoms with Gasteiger partial charge in [-0.05, 0) is 69.6 Å². The van der Waals surface area contributed by atoms with Gasteiger partial charge in [-0.1, -0.05) is 57.2 Å². The number of rotatable bonds is 13. The van der Waals surface area contributed by atoms with Gasteiger partial charge >= 0.3 is 12.2 Å². The van der Waals surface area contributed by atoms with Crippen LogP contribution < -0.4 is 16.0 Å². The van der Waals surface area contributed by atoms with Gasteiger partial charge in [0.15, 0.2) is 5.78 Å². The molecule has 4 N–H and O–H groups in total. The molecule has 2 heterocycles. The number of carboxylic acid groups (broad SMARTS) is 1. The van der Waals surface area contributed by atoms with Crippen molar-refractivity contribution in [1.29, 1.82) is 0 Å². The van der Waals surface area contributed by atoms with Crippen molar-refractivity contribution in [2.24, 2.45) is 11.8 Å². The summed E-state index contributed by atoms with van der Waals surface area (Å²) >= 11 is 0. The van der Waals surface area contributed by atoms with E-state index in [-0.39, 0.29) is 31.5 Å². The Hall–Kier alpha value is -4.72. The molecule has 14 nitrogen and oxygen atoms in total. The lowest BCUT2D eigenvalue weighted by Crippen LogP contribution is -2.55. The average Bonchev–Trinajstić information content (AvgIpc) is 3.35. The molecule has 2 fully saturated rings. The Morgan fingerprint density at radius 3 is 2.40 bits per heavy atom. The second kappa shape index (κ2) is 18.2. The van der Waals surface area contributed by atoms with Crippen molar-refractivity contribution < 1.29 is 43.3 Å². The maximum absolute atomic E-state index is 13.2. The van der Waals surface area contributed by atoms with Gasteiger partial charge in [-0.3, -0.25) is 24.1 Å². The first-order valence-corrected chi connectivity index (χ1v) is 17.7. The lowest BCUT2D eigenvalue weighted by Gasteiger charge is -2.27. The van der Waals surface area contributed by atoms with E-state index in [4.69, 9.17) is 9.47 Å². The molecule has 1 aromatic carbocycles. The molecule has 2 aliphatic heterocycles. The van der Waals surface area contributed by atoms with E-state index in [1.165, 1.54) is 16.7 Å². The molecule has 14 heteroatoms. The Bertz CT molecular complexity index is 1530. The molecule has 4 rings (SSSR count). The molecule has 0 radical (unpaired) electrons. The average molecular weight is 726 g/mol. The molecule has 0 bridgehead atoms. The molecular formula is C38H55N5O9. The third-order valence-corrected chi connectivity index (χ3v) is 8.66. The van der Waals surface area contributed by atoms with Gasteiger partial charge in [0.2, 0.25) is 17.7 Å². The molecule has 1 saturated carbocycles. The fourth-order valence-corrected chi connectivity index (χ4v) is 6.04. The van der Waals surface area contributed by atoms with Crippen molar-refractivity contribution >= 4 is 41.8 Å². The van der Waals surface area contributed by atoms with Gasteiger partial charge in [0.25, 0.3) is 0 Å². The number of carbonyl (C=O) groups excluding carboxylic acids is 5. The minimum atomic E-state index is -1.20. The quantitative estimate of drug-likeness (QED) is 0.172. The van der Waals surface area contributed by atoms with E-state index in [0.29, 0.717) is 32.4 Å². The monoisotopic (exact) mass is 725 g/mol. The van der Waals surface area contributed by atoms with Crippen LogP contribution in [0.5, 0.6) is 0 Å². The first-order valence-electron chi connectivity index (χ1n) is 17.7. The summed E-state index contributed by atoms with van der Waals surface area (Å²) in [5.74, 6) is -1.07.